The number of carboxylic acid groups (broad SMARTS) is 1. The molecule has 1 fully saturated rings. The molecule has 0 bridgehead atoms. The fourth-order valence-corrected chi connectivity index (χ4v) is 3.29. The molecule has 0 amide bonds. The summed E-state index contributed by atoms with van der Waals surface area (Å²) in [6.07, 6.45) is 4.18. The van der Waals surface area contributed by atoms with Crippen LogP contribution < -0.4 is 4.74 Å². The van der Waals surface area contributed by atoms with Crippen LogP contribution in [-0.4, -0.2) is 28.7 Å². The van der Waals surface area contributed by atoms with E-state index in [-0.39, 0.29) is 6.42 Å². The van der Waals surface area contributed by atoms with Gasteiger partial charge in [0.1, 0.15) is 11.9 Å². The van der Waals surface area contributed by atoms with Crippen LogP contribution in [0.2, 0.25) is 0 Å². The summed E-state index contributed by atoms with van der Waals surface area (Å²) in [7, 11) is 0. The third-order valence-corrected chi connectivity index (χ3v) is 4.32. The van der Waals surface area contributed by atoms with Gasteiger partial charge in [0.25, 0.3) is 0 Å². The second kappa shape index (κ2) is 7.43. The number of para-hydroxylation sites is 1. The monoisotopic (exact) mass is 280 g/mol. The smallest absolute Gasteiger partial charge is 0.303 e. The molecule has 1 aliphatic heterocycles. The van der Waals surface area contributed by atoms with Crippen LogP contribution in [-0.2, 0) is 11.2 Å². The number of ether oxygens (including phenoxy) is 1. The maximum Gasteiger partial charge on any atom is 0.303 e. The average Bonchev–Trinajstić information content (AvgIpc) is 2.41. The number of hydrogen-bond acceptors (Lipinski definition) is 3. The molecule has 1 N–H and O–H groups in total. The van der Waals surface area contributed by atoms with E-state index in [1.165, 1.54) is 11.5 Å². The van der Waals surface area contributed by atoms with E-state index in [2.05, 4.69) is 0 Å². The lowest BCUT2D eigenvalue weighted by molar-refractivity contribution is -0.137. The highest BCUT2D eigenvalue weighted by Gasteiger charge is 2.16. The Hall–Kier alpha value is -1.16. The summed E-state index contributed by atoms with van der Waals surface area (Å²) in [5, 5.41) is 8.69. The van der Waals surface area contributed by atoms with E-state index < -0.39 is 5.97 Å². The molecule has 1 aromatic carbocycles. The summed E-state index contributed by atoms with van der Waals surface area (Å²) >= 11 is 1.99. The van der Waals surface area contributed by atoms with Gasteiger partial charge in [-0.3, -0.25) is 4.79 Å². The highest BCUT2D eigenvalue weighted by Crippen LogP contribution is 2.26. The van der Waals surface area contributed by atoms with Crippen LogP contribution in [0.3, 0.4) is 0 Å². The molecular weight excluding hydrogens is 260 g/mol. The van der Waals surface area contributed by atoms with Gasteiger partial charge in [-0.15, -0.1) is 0 Å². The SMILES string of the molecule is O=C(O)CCCc1ccccc1OC1CCSCC1. The van der Waals surface area contributed by atoms with E-state index >= 15 is 0 Å². The Balaban J connectivity index is 1.93. The molecule has 104 valence electrons. The molecule has 0 unspecified atom stereocenters. The van der Waals surface area contributed by atoms with Gasteiger partial charge in [0.05, 0.1) is 0 Å². The molecule has 4 heteroatoms. The van der Waals surface area contributed by atoms with Crippen molar-refractivity contribution in [3.63, 3.8) is 0 Å². The molecule has 3 nitrogen and oxygen atoms in total. The van der Waals surface area contributed by atoms with Gasteiger partial charge in [0.15, 0.2) is 0 Å². The zero-order valence-corrected chi connectivity index (χ0v) is 11.8. The van der Waals surface area contributed by atoms with Gasteiger partial charge in [0, 0.05) is 6.42 Å². The first kappa shape index (κ1) is 14.3. The fraction of sp³-hybridized carbons (Fsp3) is 0.533. The standard InChI is InChI=1S/C15H20O3S/c16-15(17)7-3-5-12-4-1-2-6-14(12)18-13-8-10-19-11-9-13/h1-2,4,6,13H,3,5,7-11H2,(H,16,17). The largest absolute Gasteiger partial charge is 0.490 e. The Kier molecular flexibility index (Phi) is 5.58. The van der Waals surface area contributed by atoms with E-state index in [1.54, 1.807) is 0 Å². The summed E-state index contributed by atoms with van der Waals surface area (Å²) in [6, 6.07) is 8.00. The zero-order valence-electron chi connectivity index (χ0n) is 11.0. The van der Waals surface area contributed by atoms with Crippen molar-refractivity contribution in [3.05, 3.63) is 29.8 Å². The van der Waals surface area contributed by atoms with E-state index in [1.807, 2.05) is 36.0 Å². The minimum atomic E-state index is -0.734. The maximum atomic E-state index is 10.6. The molecule has 1 saturated heterocycles. The van der Waals surface area contributed by atoms with Gasteiger partial charge in [-0.1, -0.05) is 18.2 Å². The number of thioether (sulfide) groups is 1. The Bertz CT molecular complexity index is 414. The third kappa shape index (κ3) is 4.78. The van der Waals surface area contributed by atoms with Crippen LogP contribution >= 0.6 is 11.8 Å². The summed E-state index contributed by atoms with van der Waals surface area (Å²) in [5.74, 6) is 2.55. The van der Waals surface area contributed by atoms with Gasteiger partial charge in [-0.05, 0) is 48.8 Å². The van der Waals surface area contributed by atoms with Crippen molar-refractivity contribution in [3.8, 4) is 5.75 Å². The predicted molar refractivity (Wildman–Crippen MR) is 78.0 cm³/mol. The second-order valence-corrected chi connectivity index (χ2v) is 6.01. The molecule has 1 aromatic rings. The van der Waals surface area contributed by atoms with Gasteiger partial charge < -0.3 is 9.84 Å². The van der Waals surface area contributed by atoms with E-state index in [9.17, 15) is 4.79 Å². The second-order valence-electron chi connectivity index (χ2n) is 4.78. The highest BCUT2D eigenvalue weighted by molar-refractivity contribution is 7.99. The van der Waals surface area contributed by atoms with Crippen molar-refractivity contribution in [2.75, 3.05) is 11.5 Å². The van der Waals surface area contributed by atoms with Gasteiger partial charge >= 0.3 is 5.97 Å². The van der Waals surface area contributed by atoms with Crippen molar-refractivity contribution in [2.24, 2.45) is 0 Å². The van der Waals surface area contributed by atoms with Crippen LogP contribution in [0.5, 0.6) is 5.75 Å². The number of carbonyl (C=O) groups is 1. The summed E-state index contributed by atoms with van der Waals surface area (Å²) < 4.78 is 6.08. The van der Waals surface area contributed by atoms with E-state index in [0.29, 0.717) is 12.5 Å². The molecule has 0 aliphatic carbocycles. The van der Waals surface area contributed by atoms with E-state index in [4.69, 9.17) is 9.84 Å². The molecule has 2 rings (SSSR count). The Morgan fingerprint density at radius 2 is 2.05 bits per heavy atom. The summed E-state index contributed by atoms with van der Waals surface area (Å²) in [5.41, 5.74) is 1.13. The van der Waals surface area contributed by atoms with Crippen LogP contribution in [0.4, 0.5) is 0 Å². The molecule has 0 aromatic heterocycles. The Labute approximate surface area is 118 Å². The lowest BCUT2D eigenvalue weighted by Gasteiger charge is -2.24. The van der Waals surface area contributed by atoms with Gasteiger partial charge in [-0.2, -0.15) is 11.8 Å². The predicted octanol–water partition coefficient (Wildman–Crippen LogP) is 3.37. The summed E-state index contributed by atoms with van der Waals surface area (Å²) in [4.78, 5) is 10.6. The first-order valence-corrected chi connectivity index (χ1v) is 7.95. The van der Waals surface area contributed by atoms with Crippen LogP contribution in [0, 0.1) is 0 Å². The minimum absolute atomic E-state index is 0.217. The number of rotatable bonds is 6. The number of hydrogen-bond donors (Lipinski definition) is 1. The van der Waals surface area contributed by atoms with Crippen LogP contribution in [0.25, 0.3) is 0 Å². The van der Waals surface area contributed by atoms with Crippen LogP contribution in [0.15, 0.2) is 24.3 Å². The molecular formula is C15H20O3S. The van der Waals surface area contributed by atoms with Crippen molar-refractivity contribution >= 4 is 17.7 Å². The first-order chi connectivity index (χ1) is 9.25. The lowest BCUT2D eigenvalue weighted by atomic mass is 10.1. The molecule has 0 atom stereocenters. The Morgan fingerprint density at radius 1 is 1.32 bits per heavy atom. The van der Waals surface area contributed by atoms with Gasteiger partial charge in [0.2, 0.25) is 0 Å². The maximum absolute atomic E-state index is 10.6. The normalized spacial score (nSPS) is 16.2. The molecule has 19 heavy (non-hydrogen) atoms. The third-order valence-electron chi connectivity index (χ3n) is 3.27. The van der Waals surface area contributed by atoms with Crippen molar-refractivity contribution in [1.29, 1.82) is 0 Å². The molecule has 1 heterocycles. The van der Waals surface area contributed by atoms with Crippen molar-refractivity contribution in [1.82, 2.24) is 0 Å². The molecule has 0 saturated carbocycles. The number of aryl methyl sites for hydroxylation is 1. The van der Waals surface area contributed by atoms with Crippen molar-refractivity contribution < 1.29 is 14.6 Å². The number of benzene rings is 1. The van der Waals surface area contributed by atoms with Crippen molar-refractivity contribution in [2.45, 2.75) is 38.2 Å². The quantitative estimate of drug-likeness (QED) is 0.868. The molecule has 1 aliphatic rings. The van der Waals surface area contributed by atoms with E-state index in [0.717, 1.165) is 30.6 Å². The lowest BCUT2D eigenvalue weighted by Crippen LogP contribution is -2.22. The fourth-order valence-electron chi connectivity index (χ4n) is 2.23. The van der Waals surface area contributed by atoms with Crippen LogP contribution in [0.1, 0.15) is 31.2 Å². The number of aliphatic carboxylic acids is 1. The zero-order chi connectivity index (χ0) is 13.5. The Morgan fingerprint density at radius 3 is 2.79 bits per heavy atom. The molecule has 0 radical (unpaired) electrons. The summed E-state index contributed by atoms with van der Waals surface area (Å²) in [6.45, 7) is 0. The topological polar surface area (TPSA) is 46.5 Å². The minimum Gasteiger partial charge on any atom is -0.490 e. The molecule has 0 spiro atoms. The number of carboxylic acids is 1. The highest BCUT2D eigenvalue weighted by atomic mass is 32.2. The first-order valence-electron chi connectivity index (χ1n) is 6.80. The van der Waals surface area contributed by atoms with Gasteiger partial charge in [-0.25, -0.2) is 0 Å². The average molecular weight is 280 g/mol.